The smallest absolute Gasteiger partial charge is 0.0648 e. The van der Waals surface area contributed by atoms with Gasteiger partial charge in [0.25, 0.3) is 0 Å². The number of rotatable bonds is 3. The summed E-state index contributed by atoms with van der Waals surface area (Å²) in [6.45, 7) is 0. The first-order valence-electron chi connectivity index (χ1n) is 6.65. The summed E-state index contributed by atoms with van der Waals surface area (Å²) in [5, 5.41) is 10.9. The highest BCUT2D eigenvalue weighted by molar-refractivity contribution is 6.30. The molecule has 96 valence electrons. The summed E-state index contributed by atoms with van der Waals surface area (Å²) >= 11 is 5.81. The molecule has 0 aliphatic heterocycles. The van der Waals surface area contributed by atoms with Crippen LogP contribution in [0.5, 0.6) is 0 Å². The van der Waals surface area contributed by atoms with Gasteiger partial charge in [0.2, 0.25) is 0 Å². The fourth-order valence-electron chi connectivity index (χ4n) is 2.49. The van der Waals surface area contributed by atoms with Gasteiger partial charge in [-0.25, -0.2) is 0 Å². The summed E-state index contributed by atoms with van der Waals surface area (Å²) in [6.07, 6.45) is 7.01. The van der Waals surface area contributed by atoms with E-state index in [0.29, 0.717) is 0 Å². The van der Waals surface area contributed by atoms with Crippen molar-refractivity contribution < 1.29 is 5.11 Å². The van der Waals surface area contributed by atoms with Crippen molar-refractivity contribution in [1.29, 1.82) is 0 Å². The predicted molar refractivity (Wildman–Crippen MR) is 75.6 cm³/mol. The molecule has 2 heteroatoms. The topological polar surface area (TPSA) is 20.2 Å². The first kappa shape index (κ1) is 13.5. The Morgan fingerprint density at radius 3 is 2.50 bits per heavy atom. The van der Waals surface area contributed by atoms with E-state index in [0.717, 1.165) is 42.7 Å². The van der Waals surface area contributed by atoms with Gasteiger partial charge in [-0.1, -0.05) is 36.3 Å². The summed E-state index contributed by atoms with van der Waals surface area (Å²) < 4.78 is 0. The van der Waals surface area contributed by atoms with E-state index in [1.807, 2.05) is 24.3 Å². The molecule has 1 aliphatic rings. The minimum Gasteiger partial charge on any atom is -0.390 e. The Morgan fingerprint density at radius 2 is 1.83 bits per heavy atom. The Hall–Kier alpha value is -0.970. The van der Waals surface area contributed by atoms with Gasteiger partial charge in [-0.3, -0.25) is 0 Å². The number of aliphatic hydroxyl groups is 1. The molecule has 0 heterocycles. The summed E-state index contributed by atoms with van der Waals surface area (Å²) in [5.74, 6) is 6.28. The second-order valence-corrected chi connectivity index (χ2v) is 5.53. The summed E-state index contributed by atoms with van der Waals surface area (Å²) in [7, 11) is 0. The molecule has 1 fully saturated rings. The molecule has 0 bridgehead atoms. The lowest BCUT2D eigenvalue weighted by atomic mass is 9.95. The third kappa shape index (κ3) is 4.05. The third-order valence-corrected chi connectivity index (χ3v) is 3.81. The number of halogens is 1. The fourth-order valence-corrected chi connectivity index (χ4v) is 2.61. The Labute approximate surface area is 114 Å². The molecule has 0 radical (unpaired) electrons. The van der Waals surface area contributed by atoms with Gasteiger partial charge < -0.3 is 5.11 Å². The van der Waals surface area contributed by atoms with Crippen LogP contribution in [0.1, 0.15) is 50.5 Å². The average Bonchev–Trinajstić information content (AvgIpc) is 2.78. The van der Waals surface area contributed by atoms with Gasteiger partial charge in [0.1, 0.15) is 0 Å². The maximum Gasteiger partial charge on any atom is 0.0648 e. The molecule has 1 aromatic rings. The molecule has 0 saturated heterocycles. The van der Waals surface area contributed by atoms with E-state index < -0.39 is 0 Å². The lowest BCUT2D eigenvalue weighted by Crippen LogP contribution is -2.23. The molecular weight excluding hydrogens is 244 g/mol. The largest absolute Gasteiger partial charge is 0.390 e. The zero-order valence-electron chi connectivity index (χ0n) is 10.6. The van der Waals surface area contributed by atoms with Gasteiger partial charge in [0, 0.05) is 17.0 Å². The first-order chi connectivity index (χ1) is 8.68. The Kier molecular flexibility index (Phi) is 4.69. The van der Waals surface area contributed by atoms with Crippen LogP contribution in [0.25, 0.3) is 0 Å². The minimum absolute atomic E-state index is 0.387. The Morgan fingerprint density at radius 1 is 1.17 bits per heavy atom. The average molecular weight is 263 g/mol. The van der Waals surface area contributed by atoms with Crippen molar-refractivity contribution in [1.82, 2.24) is 0 Å². The number of hydrogen-bond donors (Lipinski definition) is 1. The van der Waals surface area contributed by atoms with Gasteiger partial charge in [-0.15, -0.1) is 0 Å². The van der Waals surface area contributed by atoms with E-state index in [-0.39, 0.29) is 5.60 Å². The second-order valence-electron chi connectivity index (χ2n) is 5.09. The van der Waals surface area contributed by atoms with Crippen LogP contribution in [-0.2, 0) is 0 Å². The summed E-state index contributed by atoms with van der Waals surface area (Å²) in [6, 6.07) is 7.57. The van der Waals surface area contributed by atoms with Crippen LogP contribution in [-0.4, -0.2) is 10.7 Å². The SMILES string of the molecule is OC1(CCCC#Cc2ccc(Cl)cc2)CCCC1. The molecule has 0 aromatic heterocycles. The van der Waals surface area contributed by atoms with Crippen LogP contribution in [0.15, 0.2) is 24.3 Å². The summed E-state index contributed by atoms with van der Waals surface area (Å²) in [4.78, 5) is 0. The van der Waals surface area contributed by atoms with E-state index in [4.69, 9.17) is 11.6 Å². The van der Waals surface area contributed by atoms with Gasteiger partial charge in [0.05, 0.1) is 5.60 Å². The zero-order chi connectivity index (χ0) is 12.8. The normalized spacial score (nSPS) is 17.2. The van der Waals surface area contributed by atoms with Crippen molar-refractivity contribution >= 4 is 11.6 Å². The van der Waals surface area contributed by atoms with E-state index in [2.05, 4.69) is 11.8 Å². The Bertz CT molecular complexity index is 432. The predicted octanol–water partition coefficient (Wildman–Crippen LogP) is 4.17. The molecule has 2 rings (SSSR count). The van der Waals surface area contributed by atoms with Crippen LogP contribution in [0.4, 0.5) is 0 Å². The van der Waals surface area contributed by atoms with Crippen LogP contribution in [0, 0.1) is 11.8 Å². The van der Waals surface area contributed by atoms with Crippen molar-refractivity contribution in [3.8, 4) is 11.8 Å². The van der Waals surface area contributed by atoms with Crippen molar-refractivity contribution in [2.24, 2.45) is 0 Å². The number of benzene rings is 1. The molecule has 0 unspecified atom stereocenters. The second kappa shape index (κ2) is 6.27. The maximum absolute atomic E-state index is 10.2. The summed E-state index contributed by atoms with van der Waals surface area (Å²) in [5.41, 5.74) is 0.612. The molecule has 1 N–H and O–H groups in total. The van der Waals surface area contributed by atoms with E-state index in [1.165, 1.54) is 12.8 Å². The molecule has 0 amide bonds. The lowest BCUT2D eigenvalue weighted by Gasteiger charge is -2.20. The van der Waals surface area contributed by atoms with Crippen LogP contribution >= 0.6 is 11.6 Å². The molecule has 1 aliphatic carbocycles. The lowest BCUT2D eigenvalue weighted by molar-refractivity contribution is 0.0372. The molecule has 18 heavy (non-hydrogen) atoms. The van der Waals surface area contributed by atoms with E-state index in [1.54, 1.807) is 0 Å². The highest BCUT2D eigenvalue weighted by atomic mass is 35.5. The van der Waals surface area contributed by atoms with Crippen molar-refractivity contribution in [3.05, 3.63) is 34.9 Å². The van der Waals surface area contributed by atoms with E-state index in [9.17, 15) is 5.11 Å². The molecule has 0 spiro atoms. The third-order valence-electron chi connectivity index (χ3n) is 3.56. The molecule has 1 nitrogen and oxygen atoms in total. The van der Waals surface area contributed by atoms with Crippen molar-refractivity contribution in [2.75, 3.05) is 0 Å². The van der Waals surface area contributed by atoms with Gasteiger partial charge in [0.15, 0.2) is 0 Å². The van der Waals surface area contributed by atoms with Gasteiger partial charge >= 0.3 is 0 Å². The monoisotopic (exact) mass is 262 g/mol. The molecule has 1 saturated carbocycles. The molecule has 1 aromatic carbocycles. The standard InChI is InChI=1S/C16H19ClO/c17-15-9-7-14(8-10-15)6-2-1-3-11-16(18)12-4-5-13-16/h7-10,18H,1,3-5,11-13H2. The van der Waals surface area contributed by atoms with Crippen molar-refractivity contribution in [2.45, 2.75) is 50.5 Å². The highest BCUT2D eigenvalue weighted by Crippen LogP contribution is 2.33. The quantitative estimate of drug-likeness (QED) is 0.640. The van der Waals surface area contributed by atoms with Crippen molar-refractivity contribution in [3.63, 3.8) is 0 Å². The van der Waals surface area contributed by atoms with Crippen LogP contribution in [0.3, 0.4) is 0 Å². The molecular formula is C16H19ClO. The highest BCUT2D eigenvalue weighted by Gasteiger charge is 2.29. The fraction of sp³-hybridized carbons (Fsp3) is 0.500. The minimum atomic E-state index is -0.387. The first-order valence-corrected chi connectivity index (χ1v) is 7.03. The maximum atomic E-state index is 10.2. The van der Waals surface area contributed by atoms with Gasteiger partial charge in [-0.05, 0) is 49.9 Å². The van der Waals surface area contributed by atoms with E-state index >= 15 is 0 Å². The zero-order valence-corrected chi connectivity index (χ0v) is 11.3. The van der Waals surface area contributed by atoms with Crippen LogP contribution in [0.2, 0.25) is 5.02 Å². The number of unbranched alkanes of at least 4 members (excludes halogenated alkanes) is 1. The van der Waals surface area contributed by atoms with Gasteiger partial charge in [-0.2, -0.15) is 0 Å². The number of hydrogen-bond acceptors (Lipinski definition) is 1. The Balaban J connectivity index is 1.74. The van der Waals surface area contributed by atoms with Crippen LogP contribution < -0.4 is 0 Å². The molecule has 0 atom stereocenters.